The van der Waals surface area contributed by atoms with Crippen molar-refractivity contribution in [2.45, 2.75) is 18.0 Å². The van der Waals surface area contributed by atoms with Crippen molar-refractivity contribution in [3.63, 3.8) is 0 Å². The number of anilines is 2. The van der Waals surface area contributed by atoms with Crippen LogP contribution in [-0.2, 0) is 6.18 Å². The monoisotopic (exact) mass is 425 g/mol. The smallest absolute Gasteiger partial charge is 0.398 e. The third-order valence-electron chi connectivity index (χ3n) is 4.73. The number of rotatable bonds is 2. The fraction of sp³-hybridized carbons (Fsp3) is 0.263. The zero-order chi connectivity index (χ0) is 21.7. The zero-order valence-corrected chi connectivity index (χ0v) is 16.9. The van der Waals surface area contributed by atoms with Gasteiger partial charge in [0.25, 0.3) is 0 Å². The standard InChI is InChI=1S/C19H19F4N5S/c1-8(28(3)4)10-7-11(19(21,22)23)13(14(20)15(10)26-2)9-5-6-12(24)17-16(9)27-18(25)29-17/h5-7,25-26H,24H2,1-4H3/b10-8+,13-9+,25-18?. The maximum absolute atomic E-state index is 15.6. The maximum Gasteiger partial charge on any atom is 0.417 e. The zero-order valence-electron chi connectivity index (χ0n) is 16.1. The van der Waals surface area contributed by atoms with Crippen molar-refractivity contribution in [3.05, 3.63) is 50.6 Å². The van der Waals surface area contributed by atoms with Crippen LogP contribution in [0.1, 0.15) is 12.5 Å². The van der Waals surface area contributed by atoms with Crippen molar-refractivity contribution in [2.24, 2.45) is 4.99 Å². The summed E-state index contributed by atoms with van der Waals surface area (Å²) in [6, 6.07) is 3.65. The predicted molar refractivity (Wildman–Crippen MR) is 107 cm³/mol. The van der Waals surface area contributed by atoms with Gasteiger partial charge < -0.3 is 16.0 Å². The largest absolute Gasteiger partial charge is 0.417 e. The Balaban J connectivity index is 2.74. The molecular weight excluding hydrogens is 406 g/mol. The highest BCUT2D eigenvalue weighted by atomic mass is 32.2. The highest BCUT2D eigenvalue weighted by Gasteiger charge is 2.34. The van der Waals surface area contributed by atoms with E-state index in [0.29, 0.717) is 10.6 Å². The van der Waals surface area contributed by atoms with Crippen molar-refractivity contribution in [2.75, 3.05) is 32.2 Å². The summed E-state index contributed by atoms with van der Waals surface area (Å²) >= 11 is 0.929. The number of benzene rings is 2. The molecule has 1 aliphatic heterocycles. The van der Waals surface area contributed by atoms with Crippen molar-refractivity contribution in [1.29, 1.82) is 5.41 Å². The van der Waals surface area contributed by atoms with Crippen LogP contribution in [0.3, 0.4) is 0 Å². The first-order valence-electron chi connectivity index (χ1n) is 8.51. The minimum atomic E-state index is -4.81. The van der Waals surface area contributed by atoms with Gasteiger partial charge in [0.1, 0.15) is 0 Å². The molecule has 0 atom stereocenters. The Morgan fingerprint density at radius 3 is 2.48 bits per heavy atom. The van der Waals surface area contributed by atoms with Gasteiger partial charge in [-0.25, -0.2) is 9.38 Å². The van der Waals surface area contributed by atoms with E-state index < -0.39 is 22.8 Å². The predicted octanol–water partition coefficient (Wildman–Crippen LogP) is 3.11. The van der Waals surface area contributed by atoms with E-state index in [9.17, 15) is 13.2 Å². The molecule has 4 N–H and O–H groups in total. The van der Waals surface area contributed by atoms with Gasteiger partial charge in [-0.15, -0.1) is 0 Å². The lowest BCUT2D eigenvalue weighted by Gasteiger charge is -2.18. The van der Waals surface area contributed by atoms with E-state index in [-0.39, 0.29) is 32.3 Å². The summed E-state index contributed by atoms with van der Waals surface area (Å²) in [7, 11) is 4.79. The van der Waals surface area contributed by atoms with E-state index >= 15 is 4.39 Å². The molecule has 0 aliphatic carbocycles. The first kappa shape index (κ1) is 21.0. The van der Waals surface area contributed by atoms with Gasteiger partial charge in [-0.05, 0) is 36.9 Å². The molecule has 0 fully saturated rings. The first-order chi connectivity index (χ1) is 13.5. The molecule has 0 bridgehead atoms. The Bertz CT molecular complexity index is 1240. The van der Waals surface area contributed by atoms with Crippen molar-refractivity contribution in [3.8, 4) is 0 Å². The molecular formula is C19H19F4N5S. The molecule has 0 amide bonds. The fourth-order valence-electron chi connectivity index (χ4n) is 3.14. The number of hydrogen-bond acceptors (Lipinski definition) is 5. The van der Waals surface area contributed by atoms with Crippen molar-refractivity contribution < 1.29 is 17.6 Å². The van der Waals surface area contributed by atoms with Gasteiger partial charge in [-0.3, -0.25) is 5.41 Å². The molecule has 0 aromatic heterocycles. The van der Waals surface area contributed by atoms with Crippen LogP contribution in [0.2, 0.25) is 0 Å². The molecule has 0 unspecified atom stereocenters. The number of nitrogens with one attached hydrogen (secondary N) is 2. The third-order valence-corrected chi connectivity index (χ3v) is 5.64. The SMILES string of the molecule is CNc1c(F)/c(=c2\ccc(N)c3c2=NC(=N)S3)c(C(F)(F)F)c/c1=C(/C)N(C)C. The topological polar surface area (TPSA) is 77.5 Å². The summed E-state index contributed by atoms with van der Waals surface area (Å²) in [5, 5.41) is 9.82. The van der Waals surface area contributed by atoms with E-state index in [1.165, 1.54) is 19.2 Å². The number of fused-ring (bicyclic) bond motifs is 1. The molecule has 154 valence electrons. The summed E-state index contributed by atoms with van der Waals surface area (Å²) in [5.74, 6) is -1.04. The molecule has 10 heteroatoms. The number of nitrogens with zero attached hydrogens (tertiary/aromatic N) is 2. The Labute approximate surface area is 168 Å². The van der Waals surface area contributed by atoms with E-state index in [0.717, 1.165) is 17.8 Å². The molecule has 0 saturated heterocycles. The quantitative estimate of drug-likeness (QED) is 0.511. The van der Waals surface area contributed by atoms with E-state index in [1.807, 2.05) is 0 Å². The third kappa shape index (κ3) is 3.52. The summed E-state index contributed by atoms with van der Waals surface area (Å²) in [6.07, 6.45) is -4.81. The molecule has 0 saturated carbocycles. The van der Waals surface area contributed by atoms with Crippen molar-refractivity contribution in [1.82, 2.24) is 4.90 Å². The number of halogens is 4. The van der Waals surface area contributed by atoms with Crippen LogP contribution < -0.4 is 21.6 Å². The Morgan fingerprint density at radius 1 is 1.28 bits per heavy atom. The molecule has 1 aliphatic rings. The number of hydrogen-bond donors (Lipinski definition) is 3. The Morgan fingerprint density at radius 2 is 1.93 bits per heavy atom. The molecule has 2 aromatic rings. The average Bonchev–Trinajstić information content (AvgIpc) is 3.02. The summed E-state index contributed by atoms with van der Waals surface area (Å²) in [6.45, 7) is 1.61. The summed E-state index contributed by atoms with van der Waals surface area (Å²) in [4.78, 5) is 5.96. The molecule has 29 heavy (non-hydrogen) atoms. The number of amidine groups is 1. The second kappa shape index (κ2) is 7.25. The lowest BCUT2D eigenvalue weighted by molar-refractivity contribution is -0.138. The van der Waals surface area contributed by atoms with E-state index in [2.05, 4.69) is 10.3 Å². The first-order valence-corrected chi connectivity index (χ1v) is 9.32. The van der Waals surface area contributed by atoms with Crippen LogP contribution in [0.25, 0.3) is 5.70 Å². The average molecular weight is 425 g/mol. The summed E-state index contributed by atoms with van der Waals surface area (Å²) < 4.78 is 57.5. The molecule has 5 nitrogen and oxygen atoms in total. The lowest BCUT2D eigenvalue weighted by Crippen LogP contribution is -2.25. The Kier molecular flexibility index (Phi) is 5.24. The molecule has 0 radical (unpaired) electrons. The van der Waals surface area contributed by atoms with Crippen LogP contribution in [0.15, 0.2) is 28.1 Å². The van der Waals surface area contributed by atoms with Gasteiger partial charge in [-0.2, -0.15) is 13.2 Å². The van der Waals surface area contributed by atoms with Crippen molar-refractivity contribution >= 4 is 34.0 Å². The second-order valence-corrected chi connectivity index (χ2v) is 7.66. The number of nitrogen functional groups attached to an aromatic ring is 1. The van der Waals surface area contributed by atoms with Gasteiger partial charge in [0, 0.05) is 48.2 Å². The minimum absolute atomic E-state index is 0.0505. The molecule has 0 spiro atoms. The van der Waals surface area contributed by atoms with Gasteiger partial charge in [0.05, 0.1) is 21.5 Å². The normalized spacial score (nSPS) is 15.7. The molecule has 2 aromatic carbocycles. The molecule has 3 rings (SSSR count). The summed E-state index contributed by atoms with van der Waals surface area (Å²) in [5.41, 5.74) is 5.46. The fourth-order valence-corrected chi connectivity index (χ4v) is 3.90. The van der Waals surface area contributed by atoms with Crippen LogP contribution in [0, 0.1) is 21.7 Å². The second-order valence-electron chi connectivity index (χ2n) is 6.66. The van der Waals surface area contributed by atoms with E-state index in [4.69, 9.17) is 11.1 Å². The Hall–Kier alpha value is -2.75. The van der Waals surface area contributed by atoms with Gasteiger partial charge >= 0.3 is 6.18 Å². The minimum Gasteiger partial charge on any atom is -0.398 e. The maximum atomic E-state index is 15.6. The number of thioether (sulfide) groups is 1. The number of alkyl halides is 3. The van der Waals surface area contributed by atoms with Crippen LogP contribution >= 0.6 is 11.8 Å². The highest BCUT2D eigenvalue weighted by molar-refractivity contribution is 8.14. The van der Waals surface area contributed by atoms with Crippen LogP contribution in [-0.4, -0.2) is 31.2 Å². The van der Waals surface area contributed by atoms with Gasteiger partial charge in [0.15, 0.2) is 11.0 Å². The molecule has 1 heterocycles. The van der Waals surface area contributed by atoms with Gasteiger partial charge in [-0.1, -0.05) is 0 Å². The van der Waals surface area contributed by atoms with Crippen LogP contribution in [0.5, 0.6) is 0 Å². The van der Waals surface area contributed by atoms with Gasteiger partial charge in [0.2, 0.25) is 0 Å². The number of nitrogens with two attached hydrogens (primary N) is 1. The lowest BCUT2D eigenvalue weighted by atomic mass is 10.0. The van der Waals surface area contributed by atoms with E-state index in [1.54, 1.807) is 25.9 Å². The van der Waals surface area contributed by atoms with Crippen LogP contribution in [0.4, 0.5) is 28.9 Å². The highest BCUT2D eigenvalue weighted by Crippen LogP contribution is 2.33.